The maximum Gasteiger partial charge on any atom is 0.321 e. The highest BCUT2D eigenvalue weighted by Gasteiger charge is 2.25. The molecule has 0 aromatic heterocycles. The van der Waals surface area contributed by atoms with Gasteiger partial charge in [0.05, 0.1) is 7.11 Å². The van der Waals surface area contributed by atoms with Crippen molar-refractivity contribution in [3.8, 4) is 5.75 Å². The Bertz CT molecular complexity index is 679. The molecule has 1 heterocycles. The second kappa shape index (κ2) is 6.20. The maximum absolute atomic E-state index is 11.2. The van der Waals surface area contributed by atoms with Crippen molar-refractivity contribution >= 4 is 5.97 Å². The number of ether oxygens (including phenoxy) is 1. The van der Waals surface area contributed by atoms with E-state index in [0.717, 1.165) is 12.2 Å². The molecule has 0 fully saturated rings. The van der Waals surface area contributed by atoms with Crippen LogP contribution in [0.4, 0.5) is 0 Å². The van der Waals surface area contributed by atoms with E-state index in [0.29, 0.717) is 13.0 Å². The van der Waals surface area contributed by atoms with Crippen LogP contribution in [0.3, 0.4) is 0 Å². The largest absolute Gasteiger partial charge is 0.497 e. The summed E-state index contributed by atoms with van der Waals surface area (Å²) < 4.78 is 5.18. The molecule has 0 aliphatic carbocycles. The third-order valence-corrected chi connectivity index (χ3v) is 4.17. The Morgan fingerprint density at radius 3 is 2.73 bits per heavy atom. The first-order chi connectivity index (χ1) is 10.7. The summed E-state index contributed by atoms with van der Waals surface area (Å²) in [7, 11) is 1.65. The van der Waals surface area contributed by atoms with Gasteiger partial charge in [0, 0.05) is 6.54 Å². The Morgan fingerprint density at radius 2 is 2.05 bits per heavy atom. The van der Waals surface area contributed by atoms with Gasteiger partial charge in [0.15, 0.2) is 0 Å². The molecule has 4 nitrogen and oxygen atoms in total. The molecule has 0 radical (unpaired) electrons. The van der Waals surface area contributed by atoms with Crippen molar-refractivity contribution in [1.29, 1.82) is 0 Å². The molecule has 2 aromatic carbocycles. The van der Waals surface area contributed by atoms with Crippen LogP contribution in [-0.4, -0.2) is 24.2 Å². The normalized spacial score (nSPS) is 16.9. The highest BCUT2D eigenvalue weighted by Crippen LogP contribution is 2.24. The molecule has 2 aromatic rings. The van der Waals surface area contributed by atoms with Crippen LogP contribution in [0.2, 0.25) is 0 Å². The smallest absolute Gasteiger partial charge is 0.321 e. The summed E-state index contributed by atoms with van der Waals surface area (Å²) in [4.78, 5) is 11.2. The molecular formula is C18H19NO3. The Kier molecular flexibility index (Phi) is 4.11. The zero-order valence-corrected chi connectivity index (χ0v) is 12.5. The van der Waals surface area contributed by atoms with Gasteiger partial charge < -0.3 is 15.2 Å². The number of aliphatic carboxylic acids is 1. The summed E-state index contributed by atoms with van der Waals surface area (Å²) in [6.45, 7) is 0.614. The van der Waals surface area contributed by atoms with Crippen molar-refractivity contribution in [2.75, 3.05) is 7.11 Å². The highest BCUT2D eigenvalue weighted by molar-refractivity contribution is 5.74. The number of rotatable bonds is 4. The van der Waals surface area contributed by atoms with Gasteiger partial charge in [-0.05, 0) is 47.2 Å². The first-order valence-electron chi connectivity index (χ1n) is 7.36. The van der Waals surface area contributed by atoms with Crippen LogP contribution in [0, 0.1) is 0 Å². The van der Waals surface area contributed by atoms with E-state index >= 15 is 0 Å². The molecule has 0 saturated heterocycles. The van der Waals surface area contributed by atoms with Crippen LogP contribution in [0.5, 0.6) is 5.75 Å². The van der Waals surface area contributed by atoms with E-state index in [2.05, 4.69) is 17.4 Å². The number of carboxylic acids is 1. The number of nitrogens with one attached hydrogen (secondary N) is 1. The van der Waals surface area contributed by atoms with E-state index < -0.39 is 12.0 Å². The number of hydrogen-bond acceptors (Lipinski definition) is 3. The molecule has 0 saturated carbocycles. The molecule has 1 aliphatic rings. The summed E-state index contributed by atoms with van der Waals surface area (Å²) in [5.41, 5.74) is 4.77. The maximum atomic E-state index is 11.2. The van der Waals surface area contributed by atoms with Gasteiger partial charge in [-0.2, -0.15) is 0 Å². The number of hydrogen-bond donors (Lipinski definition) is 2. The van der Waals surface area contributed by atoms with Gasteiger partial charge in [0.2, 0.25) is 0 Å². The minimum Gasteiger partial charge on any atom is -0.497 e. The van der Waals surface area contributed by atoms with Gasteiger partial charge in [-0.25, -0.2) is 0 Å². The van der Waals surface area contributed by atoms with Crippen LogP contribution >= 0.6 is 0 Å². The molecule has 1 atom stereocenters. The monoisotopic (exact) mass is 297 g/mol. The lowest BCUT2D eigenvalue weighted by atomic mass is 9.89. The van der Waals surface area contributed by atoms with E-state index in [9.17, 15) is 9.90 Å². The van der Waals surface area contributed by atoms with E-state index in [1.54, 1.807) is 7.11 Å². The van der Waals surface area contributed by atoms with Gasteiger partial charge in [0.25, 0.3) is 0 Å². The van der Waals surface area contributed by atoms with Crippen LogP contribution in [0.15, 0.2) is 42.5 Å². The lowest BCUT2D eigenvalue weighted by Crippen LogP contribution is -2.42. The predicted octanol–water partition coefficient (Wildman–Crippen LogP) is 2.38. The first kappa shape index (κ1) is 14.6. The topological polar surface area (TPSA) is 58.6 Å². The molecule has 0 bridgehead atoms. The number of fused-ring (bicyclic) bond motifs is 1. The van der Waals surface area contributed by atoms with Crippen LogP contribution < -0.4 is 10.1 Å². The van der Waals surface area contributed by atoms with Gasteiger partial charge in [-0.3, -0.25) is 4.79 Å². The Balaban J connectivity index is 1.86. The van der Waals surface area contributed by atoms with Crippen LogP contribution in [0.25, 0.3) is 0 Å². The van der Waals surface area contributed by atoms with Crippen molar-refractivity contribution in [2.24, 2.45) is 0 Å². The fraction of sp³-hybridized carbons (Fsp3) is 0.278. The Hall–Kier alpha value is -2.33. The number of carboxylic acid groups (broad SMARTS) is 1. The first-order valence-corrected chi connectivity index (χ1v) is 7.36. The molecule has 22 heavy (non-hydrogen) atoms. The van der Waals surface area contributed by atoms with E-state index in [-0.39, 0.29) is 0 Å². The summed E-state index contributed by atoms with van der Waals surface area (Å²) in [6, 6.07) is 13.7. The Labute approximate surface area is 129 Å². The highest BCUT2D eigenvalue weighted by atomic mass is 16.5. The van der Waals surface area contributed by atoms with E-state index in [4.69, 9.17) is 4.74 Å². The summed E-state index contributed by atoms with van der Waals surface area (Å²) >= 11 is 0. The third kappa shape index (κ3) is 2.97. The minimum absolute atomic E-state index is 0.496. The third-order valence-electron chi connectivity index (χ3n) is 4.17. The van der Waals surface area contributed by atoms with Crippen molar-refractivity contribution in [1.82, 2.24) is 5.32 Å². The van der Waals surface area contributed by atoms with E-state index in [1.165, 1.54) is 22.3 Å². The Morgan fingerprint density at radius 1 is 1.27 bits per heavy atom. The zero-order valence-electron chi connectivity index (χ0n) is 12.5. The summed E-state index contributed by atoms with van der Waals surface area (Å²) in [5, 5.41) is 12.3. The van der Waals surface area contributed by atoms with Gasteiger partial charge >= 0.3 is 5.97 Å². The van der Waals surface area contributed by atoms with Crippen molar-refractivity contribution in [3.05, 3.63) is 64.7 Å². The number of methoxy groups -OCH3 is 1. The quantitative estimate of drug-likeness (QED) is 0.910. The SMILES string of the molecule is COc1ccc(Cc2cccc3c2CC(C(=O)O)NC3)cc1. The van der Waals surface area contributed by atoms with Crippen molar-refractivity contribution in [2.45, 2.75) is 25.4 Å². The summed E-state index contributed by atoms with van der Waals surface area (Å²) in [5.74, 6) is 0.0545. The molecule has 0 amide bonds. The average Bonchev–Trinajstić information content (AvgIpc) is 2.55. The fourth-order valence-electron chi connectivity index (χ4n) is 2.93. The fourth-order valence-corrected chi connectivity index (χ4v) is 2.93. The average molecular weight is 297 g/mol. The standard InChI is InChI=1S/C18H19NO3/c1-22-15-7-5-12(6-8-15)9-13-3-2-4-14-11-19-17(18(20)21)10-16(13)14/h2-8,17,19H,9-11H2,1H3,(H,20,21). The van der Waals surface area contributed by atoms with E-state index in [1.807, 2.05) is 30.3 Å². The van der Waals surface area contributed by atoms with Crippen molar-refractivity contribution < 1.29 is 14.6 Å². The lowest BCUT2D eigenvalue weighted by Gasteiger charge is -2.25. The van der Waals surface area contributed by atoms with Crippen LogP contribution in [-0.2, 0) is 24.2 Å². The molecule has 1 unspecified atom stereocenters. The van der Waals surface area contributed by atoms with Crippen LogP contribution in [0.1, 0.15) is 22.3 Å². The summed E-state index contributed by atoms with van der Waals surface area (Å²) in [6.07, 6.45) is 1.34. The minimum atomic E-state index is -0.787. The molecule has 114 valence electrons. The number of benzene rings is 2. The molecule has 0 spiro atoms. The molecule has 1 aliphatic heterocycles. The van der Waals surface area contributed by atoms with Crippen molar-refractivity contribution in [3.63, 3.8) is 0 Å². The second-order valence-electron chi connectivity index (χ2n) is 5.56. The molecular weight excluding hydrogens is 278 g/mol. The molecule has 4 heteroatoms. The molecule has 2 N–H and O–H groups in total. The molecule has 3 rings (SSSR count). The second-order valence-corrected chi connectivity index (χ2v) is 5.56. The zero-order chi connectivity index (χ0) is 15.5. The van der Waals surface area contributed by atoms with Gasteiger partial charge in [0.1, 0.15) is 11.8 Å². The predicted molar refractivity (Wildman–Crippen MR) is 84.2 cm³/mol. The lowest BCUT2D eigenvalue weighted by molar-refractivity contribution is -0.139. The number of carbonyl (C=O) groups is 1. The van der Waals surface area contributed by atoms with Gasteiger partial charge in [-0.15, -0.1) is 0 Å². The van der Waals surface area contributed by atoms with Gasteiger partial charge in [-0.1, -0.05) is 30.3 Å².